The van der Waals surface area contributed by atoms with Crippen molar-refractivity contribution in [1.29, 1.82) is 0 Å². The molecular weight excluding hydrogens is 417 g/mol. The molecule has 4 nitrogen and oxygen atoms in total. The normalized spacial score (nSPS) is 22.0. The molecule has 1 aliphatic rings. The largest absolute Gasteiger partial charge is 0.387 e. The maximum absolute atomic E-state index is 10.4. The molecule has 0 aliphatic carbocycles. The average molecular weight is 441 g/mol. The monoisotopic (exact) mass is 441 g/mol. The number of rotatable bonds is 5. The van der Waals surface area contributed by atoms with E-state index in [0.717, 1.165) is 37.0 Å². The van der Waals surface area contributed by atoms with Gasteiger partial charge in [-0.05, 0) is 41.5 Å². The number of nitrogens with one attached hydrogen (secondary N) is 1. The van der Waals surface area contributed by atoms with Crippen LogP contribution in [-0.4, -0.2) is 53.2 Å². The van der Waals surface area contributed by atoms with Crippen molar-refractivity contribution in [2.75, 3.05) is 31.6 Å². The van der Waals surface area contributed by atoms with Gasteiger partial charge in [-0.2, -0.15) is 23.1 Å². The van der Waals surface area contributed by atoms with Gasteiger partial charge in [-0.3, -0.25) is 4.99 Å². The van der Waals surface area contributed by atoms with Gasteiger partial charge >= 0.3 is 0 Å². The Morgan fingerprint density at radius 3 is 2.95 bits per heavy atom. The highest BCUT2D eigenvalue weighted by Gasteiger charge is 2.31. The Balaban J connectivity index is 0.00000220. The van der Waals surface area contributed by atoms with Crippen LogP contribution in [0.5, 0.6) is 0 Å². The lowest BCUT2D eigenvalue weighted by Crippen LogP contribution is -2.40. The predicted molar refractivity (Wildman–Crippen MR) is 104 cm³/mol. The molecule has 120 valence electrons. The third-order valence-corrected chi connectivity index (χ3v) is 5.27. The second-order valence-electron chi connectivity index (χ2n) is 5.18. The molecule has 0 saturated carbocycles. The molecule has 0 amide bonds. The van der Waals surface area contributed by atoms with E-state index in [1.54, 1.807) is 23.1 Å². The minimum absolute atomic E-state index is 0. The molecule has 1 fully saturated rings. The number of aliphatic hydroxyl groups is 1. The lowest BCUT2D eigenvalue weighted by Gasteiger charge is -2.24. The molecule has 1 aromatic rings. The molecule has 0 aromatic carbocycles. The molecule has 0 radical (unpaired) electrons. The summed E-state index contributed by atoms with van der Waals surface area (Å²) in [5.74, 6) is 2.70. The van der Waals surface area contributed by atoms with Gasteiger partial charge in [-0.15, -0.1) is 24.0 Å². The van der Waals surface area contributed by atoms with E-state index < -0.39 is 5.60 Å². The summed E-state index contributed by atoms with van der Waals surface area (Å²) in [6.07, 6.45) is 0.842. The zero-order valence-electron chi connectivity index (χ0n) is 12.5. The van der Waals surface area contributed by atoms with Crippen molar-refractivity contribution in [3.8, 4) is 0 Å². The number of guanidine groups is 1. The summed E-state index contributed by atoms with van der Waals surface area (Å²) < 4.78 is 0. The lowest BCUT2D eigenvalue weighted by molar-refractivity contribution is 0.0776. The summed E-state index contributed by atoms with van der Waals surface area (Å²) in [6, 6.07) is 2.13. The number of aliphatic imine (C=N–C) groups is 1. The fourth-order valence-electron chi connectivity index (χ4n) is 2.14. The van der Waals surface area contributed by atoms with Crippen LogP contribution in [0, 0.1) is 0 Å². The second kappa shape index (κ2) is 9.22. The molecule has 1 aliphatic heterocycles. The molecule has 2 rings (SSSR count). The minimum Gasteiger partial charge on any atom is -0.387 e. The van der Waals surface area contributed by atoms with Gasteiger partial charge in [0.2, 0.25) is 0 Å². The Kier molecular flexibility index (Phi) is 8.36. The number of halogens is 1. The first-order chi connectivity index (χ1) is 9.63. The summed E-state index contributed by atoms with van der Waals surface area (Å²) in [7, 11) is 2.03. The Bertz CT molecular complexity index is 433. The van der Waals surface area contributed by atoms with Gasteiger partial charge in [-0.1, -0.05) is 0 Å². The molecule has 0 bridgehead atoms. The SMILES string of the molecule is CCNC(=NCC1(O)CCSC1)N(C)Cc1ccsc1.I. The van der Waals surface area contributed by atoms with E-state index in [2.05, 4.69) is 39.0 Å². The van der Waals surface area contributed by atoms with Crippen LogP contribution >= 0.6 is 47.1 Å². The van der Waals surface area contributed by atoms with Crippen LogP contribution in [0.4, 0.5) is 0 Å². The maximum atomic E-state index is 10.4. The summed E-state index contributed by atoms with van der Waals surface area (Å²) in [5, 5.41) is 17.9. The molecule has 1 unspecified atom stereocenters. The summed E-state index contributed by atoms with van der Waals surface area (Å²) in [4.78, 5) is 6.73. The smallest absolute Gasteiger partial charge is 0.194 e. The molecule has 21 heavy (non-hydrogen) atoms. The standard InChI is InChI=1S/C14H23N3OS2.HI/c1-3-15-13(16-10-14(18)5-7-20-11-14)17(2)8-12-4-6-19-9-12;/h4,6,9,18H,3,5,7-8,10-11H2,1-2H3,(H,15,16);1H. The van der Waals surface area contributed by atoms with Crippen molar-refractivity contribution in [3.63, 3.8) is 0 Å². The van der Waals surface area contributed by atoms with Gasteiger partial charge in [0.1, 0.15) is 0 Å². The number of thiophene rings is 1. The topological polar surface area (TPSA) is 47.9 Å². The Labute approximate surface area is 152 Å². The zero-order valence-corrected chi connectivity index (χ0v) is 16.5. The van der Waals surface area contributed by atoms with Gasteiger partial charge in [0.25, 0.3) is 0 Å². The van der Waals surface area contributed by atoms with E-state index in [1.165, 1.54) is 5.56 Å². The molecule has 2 heterocycles. The van der Waals surface area contributed by atoms with E-state index in [9.17, 15) is 5.11 Å². The fourth-order valence-corrected chi connectivity index (χ4v) is 4.09. The lowest BCUT2D eigenvalue weighted by atomic mass is 10.1. The highest BCUT2D eigenvalue weighted by Crippen LogP contribution is 2.27. The van der Waals surface area contributed by atoms with Crippen LogP contribution in [0.3, 0.4) is 0 Å². The number of thioether (sulfide) groups is 1. The van der Waals surface area contributed by atoms with E-state index in [-0.39, 0.29) is 24.0 Å². The van der Waals surface area contributed by atoms with E-state index >= 15 is 0 Å². The van der Waals surface area contributed by atoms with Crippen molar-refractivity contribution in [2.24, 2.45) is 4.99 Å². The van der Waals surface area contributed by atoms with Crippen molar-refractivity contribution in [1.82, 2.24) is 10.2 Å². The predicted octanol–water partition coefficient (Wildman–Crippen LogP) is 2.63. The number of nitrogens with zero attached hydrogens (tertiary/aromatic N) is 2. The average Bonchev–Trinajstić information content (AvgIpc) is 3.06. The Morgan fingerprint density at radius 1 is 1.57 bits per heavy atom. The summed E-state index contributed by atoms with van der Waals surface area (Å²) in [6.45, 7) is 4.22. The van der Waals surface area contributed by atoms with Gasteiger partial charge < -0.3 is 15.3 Å². The van der Waals surface area contributed by atoms with Crippen molar-refractivity contribution < 1.29 is 5.11 Å². The third-order valence-electron chi connectivity index (χ3n) is 3.30. The molecule has 1 saturated heterocycles. The number of hydrogen-bond acceptors (Lipinski definition) is 4. The maximum Gasteiger partial charge on any atom is 0.194 e. The van der Waals surface area contributed by atoms with E-state index in [1.807, 2.05) is 7.05 Å². The van der Waals surface area contributed by atoms with Crippen molar-refractivity contribution >= 4 is 53.0 Å². The molecule has 1 aromatic heterocycles. The summed E-state index contributed by atoms with van der Waals surface area (Å²) >= 11 is 3.52. The zero-order chi connectivity index (χ0) is 14.4. The van der Waals surface area contributed by atoms with Crippen LogP contribution in [0.25, 0.3) is 0 Å². The quantitative estimate of drug-likeness (QED) is 0.419. The molecule has 0 spiro atoms. The first-order valence-electron chi connectivity index (χ1n) is 6.93. The van der Waals surface area contributed by atoms with Crippen molar-refractivity contribution in [3.05, 3.63) is 22.4 Å². The van der Waals surface area contributed by atoms with Crippen LogP contribution < -0.4 is 5.32 Å². The van der Waals surface area contributed by atoms with Crippen molar-refractivity contribution in [2.45, 2.75) is 25.5 Å². The first-order valence-corrected chi connectivity index (χ1v) is 9.03. The van der Waals surface area contributed by atoms with Gasteiger partial charge in [0.05, 0.1) is 12.1 Å². The summed E-state index contributed by atoms with van der Waals surface area (Å²) in [5.41, 5.74) is 0.674. The van der Waals surface area contributed by atoms with Crippen LogP contribution in [0.1, 0.15) is 18.9 Å². The molecule has 1 atom stereocenters. The van der Waals surface area contributed by atoms with Gasteiger partial charge in [-0.25, -0.2) is 0 Å². The van der Waals surface area contributed by atoms with E-state index in [0.29, 0.717) is 6.54 Å². The van der Waals surface area contributed by atoms with Crippen LogP contribution in [0.2, 0.25) is 0 Å². The molecule has 7 heteroatoms. The Hall–Kier alpha value is 0.01000. The van der Waals surface area contributed by atoms with Gasteiger partial charge in [0, 0.05) is 25.9 Å². The Morgan fingerprint density at radius 2 is 2.38 bits per heavy atom. The first kappa shape index (κ1) is 19.1. The van der Waals surface area contributed by atoms with E-state index in [4.69, 9.17) is 0 Å². The van der Waals surface area contributed by atoms with Crippen LogP contribution in [-0.2, 0) is 6.54 Å². The minimum atomic E-state index is -0.617. The fraction of sp³-hybridized carbons (Fsp3) is 0.643. The highest BCUT2D eigenvalue weighted by atomic mass is 127. The number of hydrogen-bond donors (Lipinski definition) is 2. The second-order valence-corrected chi connectivity index (χ2v) is 7.07. The van der Waals surface area contributed by atoms with Crippen LogP contribution in [0.15, 0.2) is 21.8 Å². The molecular formula is C14H24IN3OS2. The highest BCUT2D eigenvalue weighted by molar-refractivity contribution is 14.0. The third kappa shape index (κ3) is 5.96. The molecule has 2 N–H and O–H groups in total. The van der Waals surface area contributed by atoms with Gasteiger partial charge in [0.15, 0.2) is 5.96 Å².